The zero-order valence-electron chi connectivity index (χ0n) is 7.58. The Morgan fingerprint density at radius 2 is 2.46 bits per heavy atom. The molecule has 1 aromatic heterocycles. The highest BCUT2D eigenvalue weighted by atomic mass is 32.1. The van der Waals surface area contributed by atoms with Crippen LogP contribution in [-0.2, 0) is 0 Å². The molecule has 0 bridgehead atoms. The lowest BCUT2D eigenvalue weighted by Crippen LogP contribution is -2.28. The zero-order valence-corrected chi connectivity index (χ0v) is 8.40. The minimum atomic E-state index is 0.648. The standard InChI is InChI=1S/C9H13N3S/c1-2-5-11-9(13)12-8-4-3-6-10-7-8/h3-4,6-7H,2,5H2,1H3,(H2,11,12,13). The molecule has 1 rings (SSSR count). The molecule has 0 saturated carbocycles. The number of pyridine rings is 1. The SMILES string of the molecule is CCCNC(=S)Nc1cccnc1. The molecule has 4 heteroatoms. The van der Waals surface area contributed by atoms with Crippen LogP contribution in [0.3, 0.4) is 0 Å². The molecule has 0 spiro atoms. The Morgan fingerprint density at radius 1 is 1.62 bits per heavy atom. The number of nitrogens with zero attached hydrogens (tertiary/aromatic N) is 1. The molecule has 1 heterocycles. The first-order valence-electron chi connectivity index (χ1n) is 4.28. The highest BCUT2D eigenvalue weighted by molar-refractivity contribution is 7.80. The summed E-state index contributed by atoms with van der Waals surface area (Å²) in [5.41, 5.74) is 0.913. The van der Waals surface area contributed by atoms with Gasteiger partial charge in [0, 0.05) is 12.7 Å². The van der Waals surface area contributed by atoms with Crippen LogP contribution in [0.2, 0.25) is 0 Å². The smallest absolute Gasteiger partial charge is 0.170 e. The van der Waals surface area contributed by atoms with Gasteiger partial charge in [-0.25, -0.2) is 0 Å². The van der Waals surface area contributed by atoms with Gasteiger partial charge < -0.3 is 10.6 Å². The van der Waals surface area contributed by atoms with E-state index >= 15 is 0 Å². The molecule has 0 saturated heterocycles. The normalized spacial score (nSPS) is 9.31. The van der Waals surface area contributed by atoms with Crippen molar-refractivity contribution in [3.63, 3.8) is 0 Å². The Kier molecular flexibility index (Phi) is 4.18. The summed E-state index contributed by atoms with van der Waals surface area (Å²) in [5, 5.41) is 6.76. The summed E-state index contributed by atoms with van der Waals surface area (Å²) in [5.74, 6) is 0. The molecule has 0 fully saturated rings. The van der Waals surface area contributed by atoms with Gasteiger partial charge in [0.1, 0.15) is 0 Å². The molecule has 0 aromatic carbocycles. The van der Waals surface area contributed by atoms with Gasteiger partial charge in [0.15, 0.2) is 5.11 Å². The van der Waals surface area contributed by atoms with Crippen LogP contribution in [0.4, 0.5) is 5.69 Å². The fourth-order valence-corrected chi connectivity index (χ4v) is 1.07. The van der Waals surface area contributed by atoms with Crippen molar-refractivity contribution in [2.45, 2.75) is 13.3 Å². The van der Waals surface area contributed by atoms with Crippen molar-refractivity contribution in [3.8, 4) is 0 Å². The number of anilines is 1. The molecule has 1 aromatic rings. The molecule has 0 atom stereocenters. The third-order valence-electron chi connectivity index (χ3n) is 1.45. The van der Waals surface area contributed by atoms with Gasteiger partial charge in [0.2, 0.25) is 0 Å². The van der Waals surface area contributed by atoms with Gasteiger partial charge in [0.05, 0.1) is 11.9 Å². The molecule has 0 aliphatic carbocycles. The fourth-order valence-electron chi connectivity index (χ4n) is 0.851. The fraction of sp³-hybridized carbons (Fsp3) is 0.333. The predicted octanol–water partition coefficient (Wildman–Crippen LogP) is 1.78. The Balaban J connectivity index is 2.37. The minimum absolute atomic E-state index is 0.648. The monoisotopic (exact) mass is 195 g/mol. The Bertz CT molecular complexity index is 261. The summed E-state index contributed by atoms with van der Waals surface area (Å²) in [6, 6.07) is 3.79. The van der Waals surface area contributed by atoms with E-state index in [0.717, 1.165) is 18.7 Å². The van der Waals surface area contributed by atoms with E-state index in [9.17, 15) is 0 Å². The lowest BCUT2D eigenvalue weighted by molar-refractivity contribution is 0.846. The summed E-state index contributed by atoms with van der Waals surface area (Å²) in [4.78, 5) is 3.97. The minimum Gasteiger partial charge on any atom is -0.362 e. The molecule has 0 unspecified atom stereocenters. The molecule has 3 nitrogen and oxygen atoms in total. The number of hydrogen-bond acceptors (Lipinski definition) is 2. The van der Waals surface area contributed by atoms with Crippen molar-refractivity contribution in [2.75, 3.05) is 11.9 Å². The first kappa shape index (κ1) is 9.92. The molecule has 0 amide bonds. The topological polar surface area (TPSA) is 37.0 Å². The third-order valence-corrected chi connectivity index (χ3v) is 1.70. The van der Waals surface area contributed by atoms with Crippen LogP contribution in [0.1, 0.15) is 13.3 Å². The van der Waals surface area contributed by atoms with Crippen molar-refractivity contribution in [1.82, 2.24) is 10.3 Å². The maximum absolute atomic E-state index is 5.05. The van der Waals surface area contributed by atoms with Crippen molar-refractivity contribution < 1.29 is 0 Å². The van der Waals surface area contributed by atoms with Crippen molar-refractivity contribution in [2.24, 2.45) is 0 Å². The van der Waals surface area contributed by atoms with E-state index in [1.165, 1.54) is 0 Å². The lowest BCUT2D eigenvalue weighted by Gasteiger charge is -2.08. The molecule has 0 aliphatic heterocycles. The van der Waals surface area contributed by atoms with Gasteiger partial charge >= 0.3 is 0 Å². The number of rotatable bonds is 3. The van der Waals surface area contributed by atoms with Crippen molar-refractivity contribution in [1.29, 1.82) is 0 Å². The second kappa shape index (κ2) is 5.48. The van der Waals surface area contributed by atoms with E-state index in [4.69, 9.17) is 12.2 Å². The number of hydrogen-bond donors (Lipinski definition) is 2. The molecule has 13 heavy (non-hydrogen) atoms. The number of aromatic nitrogens is 1. The second-order valence-corrected chi connectivity index (χ2v) is 3.03. The van der Waals surface area contributed by atoms with Gasteiger partial charge in [0.25, 0.3) is 0 Å². The van der Waals surface area contributed by atoms with Crippen LogP contribution in [0.25, 0.3) is 0 Å². The lowest BCUT2D eigenvalue weighted by atomic mass is 10.4. The van der Waals surface area contributed by atoms with Gasteiger partial charge in [-0.3, -0.25) is 4.98 Å². The molecular weight excluding hydrogens is 182 g/mol. The average Bonchev–Trinajstić information content (AvgIpc) is 2.16. The van der Waals surface area contributed by atoms with E-state index < -0.39 is 0 Å². The summed E-state index contributed by atoms with van der Waals surface area (Å²) in [7, 11) is 0. The maximum Gasteiger partial charge on any atom is 0.170 e. The van der Waals surface area contributed by atoms with Crippen LogP contribution in [0.5, 0.6) is 0 Å². The quantitative estimate of drug-likeness (QED) is 0.721. The molecule has 0 aliphatic rings. The van der Waals surface area contributed by atoms with E-state index in [0.29, 0.717) is 5.11 Å². The van der Waals surface area contributed by atoms with Crippen molar-refractivity contribution >= 4 is 23.0 Å². The van der Waals surface area contributed by atoms with E-state index in [1.54, 1.807) is 12.4 Å². The summed E-state index contributed by atoms with van der Waals surface area (Å²) in [6.07, 6.45) is 4.53. The van der Waals surface area contributed by atoms with E-state index in [1.807, 2.05) is 12.1 Å². The highest BCUT2D eigenvalue weighted by Gasteiger charge is 1.94. The van der Waals surface area contributed by atoms with Gasteiger partial charge in [-0.05, 0) is 30.8 Å². The summed E-state index contributed by atoms with van der Waals surface area (Å²) in [6.45, 7) is 2.99. The van der Waals surface area contributed by atoms with Crippen LogP contribution in [0.15, 0.2) is 24.5 Å². The third kappa shape index (κ3) is 3.85. The highest BCUT2D eigenvalue weighted by Crippen LogP contribution is 2.01. The molecule has 70 valence electrons. The van der Waals surface area contributed by atoms with Crippen LogP contribution >= 0.6 is 12.2 Å². The maximum atomic E-state index is 5.05. The van der Waals surface area contributed by atoms with Crippen LogP contribution in [0, 0.1) is 0 Å². The molecule has 2 N–H and O–H groups in total. The van der Waals surface area contributed by atoms with Crippen molar-refractivity contribution in [3.05, 3.63) is 24.5 Å². The van der Waals surface area contributed by atoms with Gasteiger partial charge in [-0.15, -0.1) is 0 Å². The first-order chi connectivity index (χ1) is 6.33. The second-order valence-electron chi connectivity index (χ2n) is 2.62. The van der Waals surface area contributed by atoms with E-state index in [-0.39, 0.29) is 0 Å². The predicted molar refractivity (Wildman–Crippen MR) is 58.8 cm³/mol. The number of nitrogens with one attached hydrogen (secondary N) is 2. The zero-order chi connectivity index (χ0) is 9.52. The Labute approximate surface area is 83.6 Å². The Hall–Kier alpha value is -1.16. The van der Waals surface area contributed by atoms with Gasteiger partial charge in [-0.2, -0.15) is 0 Å². The molecule has 0 radical (unpaired) electrons. The van der Waals surface area contributed by atoms with Crippen LogP contribution in [-0.4, -0.2) is 16.6 Å². The summed E-state index contributed by atoms with van der Waals surface area (Å²) < 4.78 is 0. The summed E-state index contributed by atoms with van der Waals surface area (Å²) >= 11 is 5.05. The number of thiocarbonyl (C=S) groups is 1. The van der Waals surface area contributed by atoms with Gasteiger partial charge in [-0.1, -0.05) is 6.92 Å². The first-order valence-corrected chi connectivity index (χ1v) is 4.68. The molecular formula is C9H13N3S. The van der Waals surface area contributed by atoms with E-state index in [2.05, 4.69) is 22.5 Å². The largest absolute Gasteiger partial charge is 0.362 e. The van der Waals surface area contributed by atoms with Crippen LogP contribution < -0.4 is 10.6 Å². The average molecular weight is 195 g/mol. The Morgan fingerprint density at radius 3 is 3.08 bits per heavy atom.